The second-order valence-corrected chi connectivity index (χ2v) is 7.52. The number of aryl methyl sites for hydroxylation is 1. The lowest BCUT2D eigenvalue weighted by Gasteiger charge is -2.10. The largest absolute Gasteiger partial charge is 0.356 e. The third-order valence-corrected chi connectivity index (χ3v) is 4.85. The minimum atomic E-state index is -0.0263. The summed E-state index contributed by atoms with van der Waals surface area (Å²) < 4.78 is 1.97. The molecule has 2 aromatic carbocycles. The van der Waals surface area contributed by atoms with Gasteiger partial charge in [0.15, 0.2) is 5.78 Å². The van der Waals surface area contributed by atoms with Gasteiger partial charge in [-0.25, -0.2) is 4.98 Å². The Labute approximate surface area is 169 Å². The number of rotatable bonds is 8. The molecule has 5 nitrogen and oxygen atoms in total. The van der Waals surface area contributed by atoms with Crippen molar-refractivity contribution in [2.45, 2.75) is 33.2 Å². The Bertz CT molecular complexity index is 977. The van der Waals surface area contributed by atoms with Crippen molar-refractivity contribution in [3.63, 3.8) is 0 Å². The van der Waals surface area contributed by atoms with Crippen LogP contribution >= 0.6 is 11.6 Å². The fourth-order valence-electron chi connectivity index (χ4n) is 3.03. The molecule has 146 valence electrons. The lowest BCUT2D eigenvalue weighted by molar-refractivity contribution is -0.123. The predicted molar refractivity (Wildman–Crippen MR) is 112 cm³/mol. The van der Waals surface area contributed by atoms with Crippen LogP contribution in [0.1, 0.15) is 36.5 Å². The summed E-state index contributed by atoms with van der Waals surface area (Å²) in [4.78, 5) is 29.2. The highest BCUT2D eigenvalue weighted by atomic mass is 35.5. The number of carbonyl (C=O) groups is 2. The quantitative estimate of drug-likeness (QED) is 0.456. The summed E-state index contributed by atoms with van der Waals surface area (Å²) in [6.07, 6.45) is 1.44. The smallest absolute Gasteiger partial charge is 0.222 e. The van der Waals surface area contributed by atoms with E-state index in [0.717, 1.165) is 23.3 Å². The number of Topliss-reactive ketones (excluding diaryl/α,β-unsaturated/α-hetero) is 1. The monoisotopic (exact) mass is 397 g/mol. The second-order valence-electron chi connectivity index (χ2n) is 7.08. The first kappa shape index (κ1) is 20.1. The maximum absolute atomic E-state index is 12.8. The van der Waals surface area contributed by atoms with Gasteiger partial charge in [-0.15, -0.1) is 0 Å². The third-order valence-electron chi connectivity index (χ3n) is 4.60. The number of hydrogen-bond acceptors (Lipinski definition) is 3. The molecule has 1 amide bonds. The van der Waals surface area contributed by atoms with Crippen LogP contribution in [0.25, 0.3) is 11.0 Å². The highest BCUT2D eigenvalue weighted by molar-refractivity contribution is 6.30. The molecule has 3 aromatic rings. The summed E-state index contributed by atoms with van der Waals surface area (Å²) >= 11 is 5.92. The third kappa shape index (κ3) is 4.78. The first-order chi connectivity index (χ1) is 13.5. The average Bonchev–Trinajstić information content (AvgIpc) is 3.03. The molecule has 0 unspecified atom stereocenters. The molecule has 0 radical (unpaired) electrons. The number of ketones is 1. The first-order valence-corrected chi connectivity index (χ1v) is 9.84. The number of hydrogen-bond donors (Lipinski definition) is 1. The highest BCUT2D eigenvalue weighted by Gasteiger charge is 2.15. The molecule has 0 bridgehead atoms. The van der Waals surface area contributed by atoms with E-state index in [0.29, 0.717) is 23.6 Å². The molecular weight excluding hydrogens is 374 g/mol. The molecule has 0 saturated carbocycles. The molecule has 0 aliphatic rings. The number of benzene rings is 2. The van der Waals surface area contributed by atoms with Crippen molar-refractivity contribution in [3.05, 3.63) is 64.9 Å². The first-order valence-electron chi connectivity index (χ1n) is 9.46. The fraction of sp³-hybridized carbons (Fsp3) is 0.318. The summed E-state index contributed by atoms with van der Waals surface area (Å²) in [6, 6.07) is 14.7. The predicted octanol–water partition coefficient (Wildman–Crippen LogP) is 4.28. The van der Waals surface area contributed by atoms with Gasteiger partial charge in [0.2, 0.25) is 5.91 Å². The summed E-state index contributed by atoms with van der Waals surface area (Å²) in [5.41, 5.74) is 2.43. The van der Waals surface area contributed by atoms with Crippen molar-refractivity contribution in [3.8, 4) is 0 Å². The zero-order valence-corrected chi connectivity index (χ0v) is 16.9. The molecular formula is C22H24ClN3O2. The number of imidazole rings is 1. The summed E-state index contributed by atoms with van der Waals surface area (Å²) in [6.45, 7) is 4.55. The second kappa shape index (κ2) is 9.02. The maximum atomic E-state index is 12.8. The molecule has 0 atom stereocenters. The van der Waals surface area contributed by atoms with Crippen molar-refractivity contribution in [2.24, 2.45) is 5.92 Å². The minimum absolute atomic E-state index is 0.00850. The molecule has 3 rings (SSSR count). The Kier molecular flexibility index (Phi) is 6.47. The van der Waals surface area contributed by atoms with E-state index in [1.165, 1.54) is 0 Å². The van der Waals surface area contributed by atoms with Gasteiger partial charge in [-0.2, -0.15) is 0 Å². The number of nitrogens with one attached hydrogen (secondary N) is 1. The van der Waals surface area contributed by atoms with Crippen LogP contribution < -0.4 is 5.32 Å². The molecule has 28 heavy (non-hydrogen) atoms. The number of halogens is 1. The zero-order chi connectivity index (χ0) is 20.1. The Morgan fingerprint density at radius 3 is 2.54 bits per heavy atom. The van der Waals surface area contributed by atoms with Crippen LogP contribution in [0.3, 0.4) is 0 Å². The molecule has 1 heterocycles. The minimum Gasteiger partial charge on any atom is -0.356 e. The van der Waals surface area contributed by atoms with Gasteiger partial charge in [-0.3, -0.25) is 9.59 Å². The number of carbonyl (C=O) groups excluding carboxylic acids is 2. The number of nitrogens with zero attached hydrogens (tertiary/aromatic N) is 2. The topological polar surface area (TPSA) is 64.0 Å². The van der Waals surface area contributed by atoms with E-state index in [9.17, 15) is 9.59 Å². The van der Waals surface area contributed by atoms with Gasteiger partial charge in [-0.1, -0.05) is 37.6 Å². The number of fused-ring (bicyclic) bond motifs is 1. The molecule has 0 aliphatic heterocycles. The van der Waals surface area contributed by atoms with Crippen molar-refractivity contribution < 1.29 is 9.59 Å². The lowest BCUT2D eigenvalue weighted by atomic mass is 10.1. The molecule has 0 aliphatic carbocycles. The van der Waals surface area contributed by atoms with Crippen molar-refractivity contribution in [1.82, 2.24) is 14.9 Å². The average molecular weight is 398 g/mol. The van der Waals surface area contributed by atoms with Gasteiger partial charge in [0, 0.05) is 29.5 Å². The summed E-state index contributed by atoms with van der Waals surface area (Å²) in [7, 11) is 0. The normalized spacial score (nSPS) is 11.1. The van der Waals surface area contributed by atoms with Gasteiger partial charge in [-0.05, 0) is 42.8 Å². The summed E-state index contributed by atoms with van der Waals surface area (Å²) in [5, 5.41) is 3.53. The van der Waals surface area contributed by atoms with E-state index in [2.05, 4.69) is 5.32 Å². The highest BCUT2D eigenvalue weighted by Crippen LogP contribution is 2.19. The fourth-order valence-corrected chi connectivity index (χ4v) is 3.15. The Hall–Kier alpha value is -2.66. The van der Waals surface area contributed by atoms with Crippen LogP contribution in [0.2, 0.25) is 5.02 Å². The number of aromatic nitrogens is 2. The Morgan fingerprint density at radius 2 is 1.82 bits per heavy atom. The van der Waals surface area contributed by atoms with Gasteiger partial charge >= 0.3 is 0 Å². The maximum Gasteiger partial charge on any atom is 0.222 e. The van der Waals surface area contributed by atoms with Gasteiger partial charge < -0.3 is 9.88 Å². The number of amides is 1. The van der Waals surface area contributed by atoms with Crippen LogP contribution in [0.4, 0.5) is 0 Å². The van der Waals surface area contributed by atoms with E-state index in [1.807, 2.05) is 42.7 Å². The standard InChI is InChI=1S/C22H24ClN3O2/c1-15(2)22(28)24-13-5-8-21-25-18-6-3-4-7-19(18)26(21)14-20(27)16-9-11-17(23)12-10-16/h3-4,6-7,9-12,15H,5,8,13-14H2,1-2H3,(H,24,28). The molecule has 0 spiro atoms. The Morgan fingerprint density at radius 1 is 1.11 bits per heavy atom. The number of para-hydroxylation sites is 2. The Balaban J connectivity index is 1.76. The van der Waals surface area contributed by atoms with E-state index in [4.69, 9.17) is 16.6 Å². The van der Waals surface area contributed by atoms with Crippen LogP contribution in [0.5, 0.6) is 0 Å². The van der Waals surface area contributed by atoms with Crippen LogP contribution in [-0.4, -0.2) is 27.8 Å². The van der Waals surface area contributed by atoms with Gasteiger partial charge in [0.25, 0.3) is 0 Å². The molecule has 6 heteroatoms. The molecule has 1 aromatic heterocycles. The van der Waals surface area contributed by atoms with E-state index in [-0.39, 0.29) is 24.2 Å². The van der Waals surface area contributed by atoms with Crippen molar-refractivity contribution in [2.75, 3.05) is 6.54 Å². The van der Waals surface area contributed by atoms with Gasteiger partial charge in [0.1, 0.15) is 5.82 Å². The van der Waals surface area contributed by atoms with E-state index >= 15 is 0 Å². The lowest BCUT2D eigenvalue weighted by Crippen LogP contribution is -2.29. The summed E-state index contributed by atoms with van der Waals surface area (Å²) in [5.74, 6) is 0.879. The van der Waals surface area contributed by atoms with E-state index < -0.39 is 0 Å². The van der Waals surface area contributed by atoms with Crippen LogP contribution in [-0.2, 0) is 17.8 Å². The molecule has 0 fully saturated rings. The van der Waals surface area contributed by atoms with Crippen molar-refractivity contribution >= 4 is 34.3 Å². The molecule has 1 N–H and O–H groups in total. The van der Waals surface area contributed by atoms with Crippen molar-refractivity contribution in [1.29, 1.82) is 0 Å². The van der Waals surface area contributed by atoms with Crippen LogP contribution in [0.15, 0.2) is 48.5 Å². The van der Waals surface area contributed by atoms with E-state index in [1.54, 1.807) is 24.3 Å². The molecule has 0 saturated heterocycles. The van der Waals surface area contributed by atoms with Crippen LogP contribution in [0, 0.1) is 5.92 Å². The van der Waals surface area contributed by atoms with Gasteiger partial charge in [0.05, 0.1) is 17.6 Å². The zero-order valence-electron chi connectivity index (χ0n) is 16.1. The SMILES string of the molecule is CC(C)C(=O)NCCCc1nc2ccccc2n1CC(=O)c1ccc(Cl)cc1.